The van der Waals surface area contributed by atoms with Gasteiger partial charge in [-0.3, -0.25) is 4.79 Å². The van der Waals surface area contributed by atoms with Crippen LogP contribution in [0.25, 0.3) is 0 Å². The number of carbonyl (C=O) groups is 1. The van der Waals surface area contributed by atoms with Crippen LogP contribution in [0.15, 0.2) is 11.6 Å². The van der Waals surface area contributed by atoms with E-state index in [1.54, 1.807) is 13.0 Å². The lowest BCUT2D eigenvalue weighted by molar-refractivity contribution is -0.118. The second-order valence-electron chi connectivity index (χ2n) is 1.91. The van der Waals surface area contributed by atoms with Crippen molar-refractivity contribution in [3.63, 3.8) is 0 Å². The van der Waals surface area contributed by atoms with E-state index < -0.39 is 0 Å². The number of nitrogens with one attached hydrogen (secondary N) is 1. The van der Waals surface area contributed by atoms with E-state index in [4.69, 9.17) is 0 Å². The van der Waals surface area contributed by atoms with Crippen LogP contribution in [0.4, 0.5) is 0 Å². The molecule has 0 aliphatic carbocycles. The van der Waals surface area contributed by atoms with Crippen molar-refractivity contribution in [2.45, 2.75) is 13.8 Å². The summed E-state index contributed by atoms with van der Waals surface area (Å²) in [5, 5.41) is 2.55. The molecule has 0 aliphatic heterocycles. The first-order chi connectivity index (χ1) is 4.72. The van der Waals surface area contributed by atoms with E-state index in [9.17, 15) is 4.79 Å². The molecular weight excluding hydrogens is 130 g/mol. The Morgan fingerprint density at radius 2 is 2.30 bits per heavy atom. The van der Waals surface area contributed by atoms with Crippen LogP contribution < -0.4 is 5.32 Å². The maximum atomic E-state index is 10.9. The van der Waals surface area contributed by atoms with Crippen molar-refractivity contribution in [3.8, 4) is 0 Å². The first-order valence-corrected chi connectivity index (χ1v) is 3.12. The van der Waals surface area contributed by atoms with Gasteiger partial charge >= 0.3 is 0 Å². The molecule has 3 nitrogen and oxygen atoms in total. The summed E-state index contributed by atoms with van der Waals surface area (Å²) in [6.45, 7) is 3.84. The maximum Gasteiger partial charge on any atom is 0.248 e. The Labute approximate surface area is 61.1 Å². The number of hydrogen-bond donors (Lipinski definition) is 1. The molecular formula is C7H13NO2. The fraction of sp³-hybridized carbons (Fsp3) is 0.571. The Bertz CT molecular complexity index is 141. The Morgan fingerprint density at radius 1 is 1.70 bits per heavy atom. The molecule has 0 saturated heterocycles. The third-order valence-electron chi connectivity index (χ3n) is 1.17. The van der Waals surface area contributed by atoms with Crippen molar-refractivity contribution in [3.05, 3.63) is 11.6 Å². The largest absolute Gasteiger partial charge is 0.364 e. The third-order valence-corrected chi connectivity index (χ3v) is 1.17. The third kappa shape index (κ3) is 3.25. The molecule has 0 atom stereocenters. The van der Waals surface area contributed by atoms with Crippen LogP contribution in [0.2, 0.25) is 0 Å². The average Bonchev–Trinajstić information content (AvgIpc) is 1.98. The molecule has 0 aromatic heterocycles. The molecule has 0 unspecified atom stereocenters. The first-order valence-electron chi connectivity index (χ1n) is 3.12. The molecule has 0 bridgehead atoms. The van der Waals surface area contributed by atoms with E-state index in [0.29, 0.717) is 5.57 Å². The Hall–Kier alpha value is -0.830. The zero-order valence-electron chi connectivity index (χ0n) is 6.60. The first kappa shape index (κ1) is 9.17. The molecule has 0 rings (SSSR count). The highest BCUT2D eigenvalue weighted by molar-refractivity contribution is 5.92. The summed E-state index contributed by atoms with van der Waals surface area (Å²) in [7, 11) is 1.53. The molecule has 58 valence electrons. The highest BCUT2D eigenvalue weighted by Gasteiger charge is 1.99. The molecule has 0 aromatic carbocycles. The molecule has 1 N–H and O–H groups in total. The van der Waals surface area contributed by atoms with Crippen LogP contribution in [-0.2, 0) is 9.53 Å². The zero-order chi connectivity index (χ0) is 7.98. The van der Waals surface area contributed by atoms with Crippen LogP contribution in [0.5, 0.6) is 0 Å². The summed E-state index contributed by atoms with van der Waals surface area (Å²) in [6, 6.07) is 0. The molecule has 0 heterocycles. The number of allylic oxidation sites excluding steroid dienone is 1. The van der Waals surface area contributed by atoms with Crippen LogP contribution >= 0.6 is 0 Å². The molecule has 1 amide bonds. The highest BCUT2D eigenvalue weighted by Crippen LogP contribution is 1.89. The van der Waals surface area contributed by atoms with Crippen molar-refractivity contribution in [2.75, 3.05) is 13.8 Å². The van der Waals surface area contributed by atoms with E-state index in [1.807, 2.05) is 6.92 Å². The van der Waals surface area contributed by atoms with Crippen molar-refractivity contribution in [2.24, 2.45) is 0 Å². The minimum atomic E-state index is -0.0793. The molecule has 10 heavy (non-hydrogen) atoms. The van der Waals surface area contributed by atoms with Gasteiger partial charge in [0.15, 0.2) is 0 Å². The fourth-order valence-corrected chi connectivity index (χ4v) is 0.408. The number of methoxy groups -OCH3 is 1. The van der Waals surface area contributed by atoms with Crippen molar-refractivity contribution in [1.82, 2.24) is 5.32 Å². The predicted molar refractivity (Wildman–Crippen MR) is 39.4 cm³/mol. The molecule has 3 heteroatoms. The summed E-state index contributed by atoms with van der Waals surface area (Å²) >= 11 is 0. The topological polar surface area (TPSA) is 38.3 Å². The lowest BCUT2D eigenvalue weighted by Crippen LogP contribution is -2.25. The van der Waals surface area contributed by atoms with Crippen LogP contribution in [-0.4, -0.2) is 19.7 Å². The summed E-state index contributed by atoms with van der Waals surface area (Å²) in [6.07, 6.45) is 1.75. The quantitative estimate of drug-likeness (QED) is 0.466. The van der Waals surface area contributed by atoms with Gasteiger partial charge in [0.05, 0.1) is 0 Å². The van der Waals surface area contributed by atoms with Gasteiger partial charge in [0.2, 0.25) is 5.91 Å². The zero-order valence-corrected chi connectivity index (χ0v) is 6.60. The van der Waals surface area contributed by atoms with Gasteiger partial charge in [0.25, 0.3) is 0 Å². The number of rotatable bonds is 3. The number of ether oxygens (including phenoxy) is 1. The minimum absolute atomic E-state index is 0.0793. The van der Waals surface area contributed by atoms with Gasteiger partial charge in [-0.2, -0.15) is 0 Å². The Kier molecular flexibility index (Phi) is 4.58. The van der Waals surface area contributed by atoms with E-state index in [0.717, 1.165) is 0 Å². The summed E-state index contributed by atoms with van der Waals surface area (Å²) in [5.41, 5.74) is 0.706. The molecule has 0 aromatic rings. The summed E-state index contributed by atoms with van der Waals surface area (Å²) in [4.78, 5) is 10.9. The van der Waals surface area contributed by atoms with E-state index in [-0.39, 0.29) is 12.6 Å². The van der Waals surface area contributed by atoms with Gasteiger partial charge in [-0.15, -0.1) is 0 Å². The fourth-order valence-electron chi connectivity index (χ4n) is 0.408. The minimum Gasteiger partial charge on any atom is -0.364 e. The molecule has 0 saturated carbocycles. The van der Waals surface area contributed by atoms with Gasteiger partial charge in [-0.1, -0.05) is 6.08 Å². The van der Waals surface area contributed by atoms with Gasteiger partial charge in [-0.05, 0) is 13.8 Å². The van der Waals surface area contributed by atoms with Crippen LogP contribution in [0, 0.1) is 0 Å². The van der Waals surface area contributed by atoms with E-state index in [1.165, 1.54) is 7.11 Å². The summed E-state index contributed by atoms with van der Waals surface area (Å²) in [5.74, 6) is -0.0793. The molecule has 0 radical (unpaired) electrons. The Morgan fingerprint density at radius 3 is 2.70 bits per heavy atom. The van der Waals surface area contributed by atoms with Crippen molar-refractivity contribution < 1.29 is 9.53 Å². The number of amides is 1. The van der Waals surface area contributed by atoms with Crippen LogP contribution in [0.3, 0.4) is 0 Å². The van der Waals surface area contributed by atoms with Crippen molar-refractivity contribution >= 4 is 5.91 Å². The molecule has 0 spiro atoms. The monoisotopic (exact) mass is 143 g/mol. The molecule has 0 aliphatic rings. The lowest BCUT2D eigenvalue weighted by Gasteiger charge is -2.01. The van der Waals surface area contributed by atoms with Crippen molar-refractivity contribution in [1.29, 1.82) is 0 Å². The normalized spacial score (nSPS) is 11.3. The van der Waals surface area contributed by atoms with E-state index in [2.05, 4.69) is 10.1 Å². The second kappa shape index (κ2) is 4.99. The SMILES string of the molecule is CC=C(C)C(=O)NCOC. The lowest BCUT2D eigenvalue weighted by atomic mass is 10.3. The number of hydrogen-bond acceptors (Lipinski definition) is 2. The van der Waals surface area contributed by atoms with Gasteiger partial charge < -0.3 is 10.1 Å². The predicted octanol–water partition coefficient (Wildman–Crippen LogP) is 0.673. The second-order valence-corrected chi connectivity index (χ2v) is 1.91. The Balaban J connectivity index is 3.63. The van der Waals surface area contributed by atoms with Crippen LogP contribution in [0.1, 0.15) is 13.8 Å². The van der Waals surface area contributed by atoms with Gasteiger partial charge in [-0.25, -0.2) is 0 Å². The highest BCUT2D eigenvalue weighted by atomic mass is 16.5. The number of carbonyl (C=O) groups excluding carboxylic acids is 1. The standard InChI is InChI=1S/C7H13NO2/c1-4-6(2)7(9)8-5-10-3/h4H,5H2,1-3H3,(H,8,9). The smallest absolute Gasteiger partial charge is 0.248 e. The average molecular weight is 143 g/mol. The van der Waals surface area contributed by atoms with Gasteiger partial charge in [0.1, 0.15) is 6.73 Å². The maximum absolute atomic E-state index is 10.9. The summed E-state index contributed by atoms with van der Waals surface area (Å²) < 4.78 is 4.65. The van der Waals surface area contributed by atoms with E-state index >= 15 is 0 Å². The van der Waals surface area contributed by atoms with Gasteiger partial charge in [0, 0.05) is 12.7 Å². The molecule has 0 fully saturated rings.